The van der Waals surface area contributed by atoms with E-state index in [-0.39, 0.29) is 12.2 Å². The Bertz CT molecular complexity index is 488. The van der Waals surface area contributed by atoms with Crippen LogP contribution in [0.2, 0.25) is 0 Å². The molecule has 0 saturated carbocycles. The third kappa shape index (κ3) is 2.81. The molecule has 1 heterocycles. The second-order valence-electron chi connectivity index (χ2n) is 4.88. The van der Waals surface area contributed by atoms with Crippen LogP contribution in [0.25, 0.3) is 0 Å². The van der Waals surface area contributed by atoms with E-state index in [2.05, 4.69) is 6.07 Å². The van der Waals surface area contributed by atoms with E-state index in [1.165, 1.54) is 0 Å². The molecule has 1 saturated heterocycles. The number of methoxy groups -OCH3 is 1. The first kappa shape index (κ1) is 13.7. The minimum atomic E-state index is -0.308. The van der Waals surface area contributed by atoms with E-state index in [9.17, 15) is 4.79 Å². The molecule has 104 valence electrons. The maximum Gasteiger partial charge on any atom is 0.410 e. The normalized spacial score (nSPS) is 18.6. The van der Waals surface area contributed by atoms with Gasteiger partial charge in [0.1, 0.15) is 11.9 Å². The van der Waals surface area contributed by atoms with Crippen molar-refractivity contribution in [3.63, 3.8) is 0 Å². The zero-order valence-corrected chi connectivity index (χ0v) is 11.6. The van der Waals surface area contributed by atoms with E-state index in [0.29, 0.717) is 19.6 Å². The van der Waals surface area contributed by atoms with Crippen LogP contribution >= 0.6 is 0 Å². The smallest absolute Gasteiger partial charge is 0.410 e. The van der Waals surface area contributed by atoms with Crippen LogP contribution in [0.1, 0.15) is 16.7 Å². The first-order chi connectivity index (χ1) is 9.05. The van der Waals surface area contributed by atoms with Crippen molar-refractivity contribution in [3.05, 3.63) is 28.8 Å². The van der Waals surface area contributed by atoms with Crippen molar-refractivity contribution in [1.29, 1.82) is 0 Å². The highest BCUT2D eigenvalue weighted by molar-refractivity contribution is 5.70. The molecule has 0 aliphatic carbocycles. The summed E-state index contributed by atoms with van der Waals surface area (Å²) in [5.41, 5.74) is 8.80. The topological polar surface area (TPSA) is 64.8 Å². The maximum absolute atomic E-state index is 11.7. The zero-order chi connectivity index (χ0) is 14.0. The van der Waals surface area contributed by atoms with E-state index in [4.69, 9.17) is 15.2 Å². The monoisotopic (exact) mass is 264 g/mol. The lowest BCUT2D eigenvalue weighted by Crippen LogP contribution is -2.27. The highest BCUT2D eigenvalue weighted by atomic mass is 16.6. The Kier molecular flexibility index (Phi) is 3.95. The van der Waals surface area contributed by atoms with E-state index in [0.717, 1.165) is 22.4 Å². The third-order valence-electron chi connectivity index (χ3n) is 3.36. The average molecular weight is 264 g/mol. The third-order valence-corrected chi connectivity index (χ3v) is 3.36. The van der Waals surface area contributed by atoms with Crippen LogP contribution in [0.5, 0.6) is 5.75 Å². The molecule has 1 aliphatic heterocycles. The quantitative estimate of drug-likeness (QED) is 0.897. The summed E-state index contributed by atoms with van der Waals surface area (Å²) in [7, 11) is 1.64. The number of hydrogen-bond acceptors (Lipinski definition) is 4. The van der Waals surface area contributed by atoms with Crippen molar-refractivity contribution < 1.29 is 14.3 Å². The first-order valence-electron chi connectivity index (χ1n) is 6.35. The van der Waals surface area contributed by atoms with Gasteiger partial charge in [-0.1, -0.05) is 6.07 Å². The Morgan fingerprint density at radius 1 is 1.47 bits per heavy atom. The number of hydrogen-bond donors (Lipinski definition) is 1. The maximum atomic E-state index is 11.7. The van der Waals surface area contributed by atoms with E-state index in [1.54, 1.807) is 12.0 Å². The summed E-state index contributed by atoms with van der Waals surface area (Å²) >= 11 is 0. The van der Waals surface area contributed by atoms with Crippen LogP contribution in [0.4, 0.5) is 4.79 Å². The molecule has 1 amide bonds. The number of cyclic esters (lactones) is 1. The Morgan fingerprint density at radius 2 is 2.21 bits per heavy atom. The van der Waals surface area contributed by atoms with E-state index >= 15 is 0 Å². The fourth-order valence-corrected chi connectivity index (χ4v) is 2.36. The van der Waals surface area contributed by atoms with Crippen molar-refractivity contribution in [2.75, 3.05) is 20.2 Å². The molecule has 1 aromatic rings. The summed E-state index contributed by atoms with van der Waals surface area (Å²) in [4.78, 5) is 13.4. The molecule has 2 N–H and O–H groups in total. The first-order valence-corrected chi connectivity index (χ1v) is 6.35. The van der Waals surface area contributed by atoms with Gasteiger partial charge in [-0.25, -0.2) is 4.79 Å². The van der Waals surface area contributed by atoms with Crippen molar-refractivity contribution in [3.8, 4) is 5.75 Å². The lowest BCUT2D eigenvalue weighted by Gasteiger charge is -2.18. The molecular formula is C14H20N2O3. The number of carbonyl (C=O) groups excluding carboxylic acids is 1. The van der Waals surface area contributed by atoms with Gasteiger partial charge in [0.25, 0.3) is 0 Å². The summed E-state index contributed by atoms with van der Waals surface area (Å²) in [6, 6.07) is 4.06. The molecule has 1 atom stereocenters. The Morgan fingerprint density at radius 3 is 2.79 bits per heavy atom. The summed E-state index contributed by atoms with van der Waals surface area (Å²) in [5, 5.41) is 0. The molecule has 0 bridgehead atoms. The molecule has 0 aromatic heterocycles. The van der Waals surface area contributed by atoms with Gasteiger partial charge < -0.3 is 15.2 Å². The van der Waals surface area contributed by atoms with Gasteiger partial charge in [0, 0.05) is 12.1 Å². The molecular weight excluding hydrogens is 244 g/mol. The van der Waals surface area contributed by atoms with Gasteiger partial charge in [-0.15, -0.1) is 0 Å². The molecule has 1 unspecified atom stereocenters. The van der Waals surface area contributed by atoms with E-state index < -0.39 is 0 Å². The van der Waals surface area contributed by atoms with Crippen LogP contribution in [0.3, 0.4) is 0 Å². The molecule has 0 radical (unpaired) electrons. The number of nitrogens with zero attached hydrogens (tertiary/aromatic N) is 1. The number of amides is 1. The van der Waals surface area contributed by atoms with Crippen LogP contribution < -0.4 is 10.5 Å². The van der Waals surface area contributed by atoms with Crippen molar-refractivity contribution in [1.82, 2.24) is 4.90 Å². The largest absolute Gasteiger partial charge is 0.496 e. The second-order valence-corrected chi connectivity index (χ2v) is 4.88. The van der Waals surface area contributed by atoms with Gasteiger partial charge in [-0.05, 0) is 31.0 Å². The fourth-order valence-electron chi connectivity index (χ4n) is 2.36. The van der Waals surface area contributed by atoms with Gasteiger partial charge in [-0.3, -0.25) is 4.90 Å². The molecule has 2 rings (SSSR count). The van der Waals surface area contributed by atoms with Crippen molar-refractivity contribution in [2.45, 2.75) is 26.5 Å². The summed E-state index contributed by atoms with van der Waals surface area (Å²) in [6.07, 6.45) is -0.512. The number of aryl methyl sites for hydroxylation is 2. The molecule has 1 aromatic carbocycles. The van der Waals surface area contributed by atoms with Gasteiger partial charge in [0.05, 0.1) is 20.2 Å². The van der Waals surface area contributed by atoms with Gasteiger partial charge >= 0.3 is 6.09 Å². The molecule has 1 aliphatic rings. The number of rotatable bonds is 4. The van der Waals surface area contributed by atoms with Crippen molar-refractivity contribution in [2.24, 2.45) is 5.73 Å². The number of ether oxygens (including phenoxy) is 2. The van der Waals surface area contributed by atoms with Gasteiger partial charge in [0.15, 0.2) is 0 Å². The summed E-state index contributed by atoms with van der Waals surface area (Å²) in [5.74, 6) is 0.807. The predicted octanol–water partition coefficient (Wildman–Crippen LogP) is 1.59. The number of benzene rings is 1. The summed E-state index contributed by atoms with van der Waals surface area (Å²) < 4.78 is 10.6. The van der Waals surface area contributed by atoms with Crippen LogP contribution in [-0.4, -0.2) is 37.3 Å². The van der Waals surface area contributed by atoms with Gasteiger partial charge in [0.2, 0.25) is 0 Å². The average Bonchev–Trinajstić information content (AvgIpc) is 2.73. The SMILES string of the molecule is COc1cc(C)cc(C)c1CN1CC(CN)OC1=O. The minimum absolute atomic E-state index is 0.204. The molecule has 0 spiro atoms. The molecule has 5 nitrogen and oxygen atoms in total. The Hall–Kier alpha value is -1.75. The van der Waals surface area contributed by atoms with Crippen LogP contribution in [-0.2, 0) is 11.3 Å². The molecule has 19 heavy (non-hydrogen) atoms. The Balaban J connectivity index is 2.22. The van der Waals surface area contributed by atoms with Crippen LogP contribution in [0.15, 0.2) is 12.1 Å². The highest BCUT2D eigenvalue weighted by Gasteiger charge is 2.31. The highest BCUT2D eigenvalue weighted by Crippen LogP contribution is 2.27. The Labute approximate surface area is 113 Å². The number of carbonyl (C=O) groups is 1. The van der Waals surface area contributed by atoms with Gasteiger partial charge in [-0.2, -0.15) is 0 Å². The second kappa shape index (κ2) is 5.48. The predicted molar refractivity (Wildman–Crippen MR) is 72.2 cm³/mol. The molecule has 1 fully saturated rings. The fraction of sp³-hybridized carbons (Fsp3) is 0.500. The van der Waals surface area contributed by atoms with E-state index in [1.807, 2.05) is 19.9 Å². The molecule has 5 heteroatoms. The zero-order valence-electron chi connectivity index (χ0n) is 11.6. The minimum Gasteiger partial charge on any atom is -0.496 e. The standard InChI is InChI=1S/C14H20N2O3/c1-9-4-10(2)12(13(5-9)18-3)8-16-7-11(6-15)19-14(16)17/h4-5,11H,6-8,15H2,1-3H3. The summed E-state index contributed by atoms with van der Waals surface area (Å²) in [6.45, 7) is 5.42. The lowest BCUT2D eigenvalue weighted by atomic mass is 10.0. The number of nitrogens with two attached hydrogens (primary N) is 1. The van der Waals surface area contributed by atoms with Crippen molar-refractivity contribution >= 4 is 6.09 Å². The lowest BCUT2D eigenvalue weighted by molar-refractivity contribution is 0.134. The van der Waals surface area contributed by atoms with Crippen LogP contribution in [0, 0.1) is 13.8 Å².